The molecular weight excluding hydrogens is 383 g/mol. The minimum atomic E-state index is -0.740. The highest BCUT2D eigenvalue weighted by molar-refractivity contribution is 7.18. The molecule has 8 heteroatoms. The van der Waals surface area contributed by atoms with Gasteiger partial charge < -0.3 is 9.72 Å². The monoisotopic (exact) mass is 400 g/mol. The molecule has 0 amide bonds. The van der Waals surface area contributed by atoms with E-state index in [9.17, 15) is 9.59 Å². The molecule has 25 heavy (non-hydrogen) atoms. The topological polar surface area (TPSA) is 72.0 Å². The first-order valence-corrected chi connectivity index (χ1v) is 10.1. The molecule has 0 radical (unpaired) electrons. The summed E-state index contributed by atoms with van der Waals surface area (Å²) in [6.07, 6.45) is 5.45. The highest BCUT2D eigenvalue weighted by atomic mass is 35.5. The fourth-order valence-corrected chi connectivity index (χ4v) is 5.04. The van der Waals surface area contributed by atoms with Gasteiger partial charge in [-0.15, -0.1) is 34.5 Å². The predicted molar refractivity (Wildman–Crippen MR) is 98.7 cm³/mol. The Balaban J connectivity index is 1.42. The highest BCUT2D eigenvalue weighted by Gasteiger charge is 2.52. The third-order valence-corrected chi connectivity index (χ3v) is 6.95. The predicted octanol–water partition coefficient (Wildman–Crippen LogP) is 3.53. The molecule has 2 aromatic heterocycles. The molecule has 0 aromatic carbocycles. The van der Waals surface area contributed by atoms with Crippen molar-refractivity contribution in [2.45, 2.75) is 49.3 Å². The highest BCUT2D eigenvalue weighted by Crippen LogP contribution is 2.53. The van der Waals surface area contributed by atoms with E-state index in [-0.39, 0.29) is 30.5 Å². The Morgan fingerprint density at radius 1 is 1.36 bits per heavy atom. The van der Waals surface area contributed by atoms with Crippen LogP contribution in [0.5, 0.6) is 0 Å². The van der Waals surface area contributed by atoms with E-state index in [1.54, 1.807) is 11.3 Å². The van der Waals surface area contributed by atoms with E-state index >= 15 is 0 Å². The number of esters is 1. The molecule has 2 aliphatic carbocycles. The molecule has 1 atom stereocenters. The molecule has 2 aromatic rings. The summed E-state index contributed by atoms with van der Waals surface area (Å²) in [5.74, 6) is 0.222. The van der Waals surface area contributed by atoms with Crippen LogP contribution in [0.25, 0.3) is 10.2 Å². The number of halogens is 2. The van der Waals surface area contributed by atoms with Crippen molar-refractivity contribution in [3.63, 3.8) is 0 Å². The molecule has 0 aliphatic heterocycles. The number of ether oxygens (including phenoxy) is 1. The van der Waals surface area contributed by atoms with Crippen molar-refractivity contribution in [3.05, 3.63) is 26.6 Å². The molecule has 0 spiro atoms. The van der Waals surface area contributed by atoms with Crippen LogP contribution in [0.15, 0.2) is 4.79 Å². The van der Waals surface area contributed by atoms with Gasteiger partial charge in [-0.3, -0.25) is 9.59 Å². The Bertz CT molecular complexity index is 890. The number of H-pyrrole nitrogens is 1. The summed E-state index contributed by atoms with van der Waals surface area (Å²) in [6, 6.07) is 0. The van der Waals surface area contributed by atoms with Crippen LogP contribution >= 0.6 is 34.5 Å². The lowest BCUT2D eigenvalue weighted by Gasteiger charge is -2.09. The zero-order chi connectivity index (χ0) is 17.6. The largest absolute Gasteiger partial charge is 0.465 e. The second-order valence-corrected chi connectivity index (χ2v) is 9.37. The molecule has 0 bridgehead atoms. The van der Waals surface area contributed by atoms with Crippen LogP contribution in [-0.4, -0.2) is 26.9 Å². The van der Waals surface area contributed by atoms with Crippen LogP contribution in [0.1, 0.15) is 41.9 Å². The van der Waals surface area contributed by atoms with E-state index in [1.807, 2.05) is 0 Å². The number of rotatable bonds is 5. The van der Waals surface area contributed by atoms with Crippen molar-refractivity contribution in [3.8, 4) is 0 Å². The maximum absolute atomic E-state index is 12.4. The van der Waals surface area contributed by atoms with E-state index in [0.717, 1.165) is 29.5 Å². The lowest BCUT2D eigenvalue weighted by molar-refractivity contribution is -0.144. The number of aromatic amines is 1. The number of hydrogen-bond acceptors (Lipinski definition) is 5. The van der Waals surface area contributed by atoms with Crippen LogP contribution in [0.3, 0.4) is 0 Å². The van der Waals surface area contributed by atoms with E-state index in [1.165, 1.54) is 16.9 Å². The van der Waals surface area contributed by atoms with Gasteiger partial charge in [-0.05, 0) is 37.7 Å². The number of aromatic nitrogens is 2. The summed E-state index contributed by atoms with van der Waals surface area (Å²) in [4.78, 5) is 33.7. The van der Waals surface area contributed by atoms with E-state index in [0.29, 0.717) is 18.7 Å². The average Bonchev–Trinajstić information content (AvgIpc) is 3.01. The molecule has 5 nitrogen and oxygen atoms in total. The molecule has 0 saturated heterocycles. The number of aryl methyl sites for hydroxylation is 3. The molecule has 1 N–H and O–H groups in total. The lowest BCUT2D eigenvalue weighted by atomic mass is 9.97. The quantitative estimate of drug-likeness (QED) is 0.615. The first-order valence-electron chi connectivity index (χ1n) is 8.51. The molecule has 1 fully saturated rings. The zero-order valence-electron chi connectivity index (χ0n) is 13.6. The number of alkyl halides is 2. The summed E-state index contributed by atoms with van der Waals surface area (Å²) >= 11 is 13.4. The molecular formula is C17H18Cl2N2O3S. The summed E-state index contributed by atoms with van der Waals surface area (Å²) in [5.41, 5.74) is 1.07. The minimum absolute atomic E-state index is 0.0199. The van der Waals surface area contributed by atoms with Crippen molar-refractivity contribution in [2.75, 3.05) is 6.61 Å². The van der Waals surface area contributed by atoms with Crippen molar-refractivity contribution >= 4 is 50.7 Å². The van der Waals surface area contributed by atoms with Gasteiger partial charge in [-0.1, -0.05) is 0 Å². The van der Waals surface area contributed by atoms with Crippen LogP contribution in [-0.2, 0) is 28.8 Å². The van der Waals surface area contributed by atoms with Crippen LogP contribution in [0.4, 0.5) is 0 Å². The van der Waals surface area contributed by atoms with Gasteiger partial charge in [0, 0.05) is 17.2 Å². The summed E-state index contributed by atoms with van der Waals surface area (Å²) in [7, 11) is 0. The van der Waals surface area contributed by atoms with Crippen molar-refractivity contribution in [1.82, 2.24) is 9.97 Å². The number of fused-ring (bicyclic) bond motifs is 3. The van der Waals surface area contributed by atoms with Gasteiger partial charge in [0.1, 0.15) is 15.0 Å². The average molecular weight is 401 g/mol. The first kappa shape index (κ1) is 17.3. The van der Waals surface area contributed by atoms with Gasteiger partial charge in [0.15, 0.2) is 0 Å². The molecule has 0 unspecified atom stereocenters. The Labute approximate surface area is 158 Å². The Morgan fingerprint density at radius 3 is 2.88 bits per heavy atom. The third-order valence-electron chi connectivity index (χ3n) is 4.84. The minimum Gasteiger partial charge on any atom is -0.465 e. The fraction of sp³-hybridized carbons (Fsp3) is 0.588. The maximum atomic E-state index is 12.4. The molecule has 1 saturated carbocycles. The number of carbonyl (C=O) groups is 1. The Kier molecular flexibility index (Phi) is 4.54. The summed E-state index contributed by atoms with van der Waals surface area (Å²) < 4.78 is 4.44. The second kappa shape index (κ2) is 6.56. The number of hydrogen-bond donors (Lipinski definition) is 1. The smallest absolute Gasteiger partial charge is 0.306 e. The normalized spacial score (nSPS) is 21.1. The van der Waals surface area contributed by atoms with Gasteiger partial charge in [-0.2, -0.15) is 0 Å². The maximum Gasteiger partial charge on any atom is 0.306 e. The first-order chi connectivity index (χ1) is 11.9. The second-order valence-electron chi connectivity index (χ2n) is 6.75. The Morgan fingerprint density at radius 2 is 2.12 bits per heavy atom. The van der Waals surface area contributed by atoms with Gasteiger partial charge in [0.25, 0.3) is 5.56 Å². The van der Waals surface area contributed by atoms with E-state index in [4.69, 9.17) is 27.9 Å². The lowest BCUT2D eigenvalue weighted by Crippen LogP contribution is -2.15. The number of nitrogens with zero attached hydrogens (tertiary/aromatic N) is 1. The standard InChI is InChI=1S/C17H18Cl2N2O3S/c18-17(19)7-9(17)8-24-13(22)6-5-12-20-15(23)14-10-3-1-2-4-11(10)25-16(14)21-12/h9H,1-8H2,(H,20,21,23)/t9-/m1/s1. The van der Waals surface area contributed by atoms with Gasteiger partial charge in [0.2, 0.25) is 0 Å². The summed E-state index contributed by atoms with van der Waals surface area (Å²) in [5, 5.41) is 0.736. The van der Waals surface area contributed by atoms with E-state index in [2.05, 4.69) is 9.97 Å². The zero-order valence-corrected chi connectivity index (χ0v) is 15.9. The van der Waals surface area contributed by atoms with Crippen LogP contribution in [0, 0.1) is 5.92 Å². The fourth-order valence-electron chi connectivity index (χ4n) is 3.26. The van der Waals surface area contributed by atoms with Crippen molar-refractivity contribution in [1.29, 1.82) is 0 Å². The number of thiophene rings is 1. The van der Waals surface area contributed by atoms with Crippen LogP contribution in [0.2, 0.25) is 0 Å². The Hall–Kier alpha value is -1.11. The van der Waals surface area contributed by atoms with E-state index < -0.39 is 4.33 Å². The molecule has 2 aliphatic rings. The molecule has 4 rings (SSSR count). The van der Waals surface area contributed by atoms with Gasteiger partial charge in [-0.25, -0.2) is 4.98 Å². The van der Waals surface area contributed by atoms with Crippen molar-refractivity contribution in [2.24, 2.45) is 5.92 Å². The number of nitrogens with one attached hydrogen (secondary N) is 1. The molecule has 134 valence electrons. The van der Waals surface area contributed by atoms with Crippen LogP contribution < -0.4 is 5.56 Å². The van der Waals surface area contributed by atoms with Gasteiger partial charge in [0.05, 0.1) is 18.4 Å². The molecule has 2 heterocycles. The van der Waals surface area contributed by atoms with Gasteiger partial charge >= 0.3 is 5.97 Å². The SMILES string of the molecule is O=C(CCc1nc2sc3c(c2c(=O)[nH]1)CCCC3)OC[C@H]1CC1(Cl)Cl. The summed E-state index contributed by atoms with van der Waals surface area (Å²) in [6.45, 7) is 0.243. The third kappa shape index (κ3) is 3.57. The number of carbonyl (C=O) groups excluding carboxylic acids is 1. The van der Waals surface area contributed by atoms with Crippen molar-refractivity contribution < 1.29 is 9.53 Å².